The summed E-state index contributed by atoms with van der Waals surface area (Å²) in [5.41, 5.74) is 1.15. The van der Waals surface area contributed by atoms with Crippen LogP contribution in [-0.4, -0.2) is 37.0 Å². The SMILES string of the molecule is CC[C@H]1C[C@H](Oc2cc(F)c(S(=O)(=O)Nc3nccs3)cc2Cl)CCN1Cc1cccc(Cl)c1. The van der Waals surface area contributed by atoms with E-state index in [1.807, 2.05) is 18.2 Å². The molecule has 4 rings (SSSR count). The van der Waals surface area contributed by atoms with Crippen LogP contribution in [-0.2, 0) is 16.6 Å². The summed E-state index contributed by atoms with van der Waals surface area (Å²) in [6, 6.07) is 10.2. The second-order valence-corrected chi connectivity index (χ2v) is 11.5. The number of rotatable bonds is 8. The molecule has 182 valence electrons. The predicted octanol–water partition coefficient (Wildman–Crippen LogP) is 6.21. The first kappa shape index (κ1) is 25.2. The lowest BCUT2D eigenvalue weighted by Gasteiger charge is -2.39. The van der Waals surface area contributed by atoms with Gasteiger partial charge in [-0.3, -0.25) is 9.62 Å². The first-order valence-electron chi connectivity index (χ1n) is 10.8. The van der Waals surface area contributed by atoms with Gasteiger partial charge in [-0.1, -0.05) is 42.3 Å². The molecule has 0 amide bonds. The Hall–Kier alpha value is -1.91. The maximum atomic E-state index is 14.8. The van der Waals surface area contributed by atoms with E-state index in [0.29, 0.717) is 5.02 Å². The van der Waals surface area contributed by atoms with E-state index >= 15 is 0 Å². The van der Waals surface area contributed by atoms with Crippen molar-refractivity contribution >= 4 is 49.7 Å². The summed E-state index contributed by atoms with van der Waals surface area (Å²) in [6.07, 6.45) is 3.71. The lowest BCUT2D eigenvalue weighted by atomic mass is 9.96. The van der Waals surface area contributed by atoms with Gasteiger partial charge in [-0.25, -0.2) is 17.8 Å². The molecule has 3 aromatic rings. The van der Waals surface area contributed by atoms with E-state index < -0.39 is 20.7 Å². The Morgan fingerprint density at radius 1 is 1.29 bits per heavy atom. The smallest absolute Gasteiger partial charge is 0.266 e. The molecule has 0 radical (unpaired) electrons. The average Bonchev–Trinajstić information content (AvgIpc) is 3.29. The van der Waals surface area contributed by atoms with Crippen LogP contribution < -0.4 is 9.46 Å². The van der Waals surface area contributed by atoms with E-state index in [-0.39, 0.29) is 28.0 Å². The van der Waals surface area contributed by atoms with Gasteiger partial charge >= 0.3 is 0 Å². The predicted molar refractivity (Wildman–Crippen MR) is 134 cm³/mol. The van der Waals surface area contributed by atoms with Crippen molar-refractivity contribution in [2.75, 3.05) is 11.3 Å². The summed E-state index contributed by atoms with van der Waals surface area (Å²) in [7, 11) is -4.17. The molecule has 1 N–H and O–H groups in total. The van der Waals surface area contributed by atoms with Gasteiger partial charge in [0.1, 0.15) is 22.6 Å². The summed E-state index contributed by atoms with van der Waals surface area (Å²) in [6.45, 7) is 3.72. The second-order valence-electron chi connectivity index (χ2n) is 8.08. The zero-order chi connectivity index (χ0) is 24.3. The number of benzene rings is 2. The molecule has 2 atom stereocenters. The van der Waals surface area contributed by atoms with Crippen LogP contribution in [0.4, 0.5) is 9.52 Å². The maximum absolute atomic E-state index is 14.8. The second kappa shape index (κ2) is 10.8. The quantitative estimate of drug-likeness (QED) is 0.365. The fraction of sp³-hybridized carbons (Fsp3) is 0.348. The molecule has 0 unspecified atom stereocenters. The van der Waals surface area contributed by atoms with Crippen molar-refractivity contribution in [1.29, 1.82) is 0 Å². The van der Waals surface area contributed by atoms with E-state index in [4.69, 9.17) is 27.9 Å². The largest absolute Gasteiger partial charge is 0.489 e. The molecule has 11 heteroatoms. The number of piperidine rings is 1. The van der Waals surface area contributed by atoms with Crippen LogP contribution in [0.3, 0.4) is 0 Å². The highest BCUT2D eigenvalue weighted by Crippen LogP contribution is 2.34. The highest BCUT2D eigenvalue weighted by atomic mass is 35.5. The number of anilines is 1. The van der Waals surface area contributed by atoms with Crippen LogP contribution >= 0.6 is 34.5 Å². The Labute approximate surface area is 212 Å². The van der Waals surface area contributed by atoms with Gasteiger partial charge < -0.3 is 4.74 Å². The fourth-order valence-corrected chi connectivity index (χ4v) is 6.46. The summed E-state index contributed by atoms with van der Waals surface area (Å²) in [5, 5.41) is 2.51. The molecule has 0 aliphatic carbocycles. The third-order valence-electron chi connectivity index (χ3n) is 5.76. The normalized spacial score (nSPS) is 19.2. The monoisotopic (exact) mass is 543 g/mol. The summed E-state index contributed by atoms with van der Waals surface area (Å²) in [5.74, 6) is -0.801. The number of aromatic nitrogens is 1. The average molecular weight is 545 g/mol. The third kappa shape index (κ3) is 6.01. The van der Waals surface area contributed by atoms with Gasteiger partial charge in [0.05, 0.1) is 5.02 Å². The molecule has 1 fully saturated rings. The first-order valence-corrected chi connectivity index (χ1v) is 13.9. The van der Waals surface area contributed by atoms with Gasteiger partial charge in [0, 0.05) is 41.8 Å². The minimum Gasteiger partial charge on any atom is -0.489 e. The number of ether oxygens (including phenoxy) is 1. The number of thiazole rings is 1. The van der Waals surface area contributed by atoms with Crippen LogP contribution in [0.25, 0.3) is 0 Å². The molecule has 0 bridgehead atoms. The van der Waals surface area contributed by atoms with E-state index in [1.54, 1.807) is 5.38 Å². The van der Waals surface area contributed by atoms with Crippen LogP contribution in [0.2, 0.25) is 10.0 Å². The minimum atomic E-state index is -4.17. The minimum absolute atomic E-state index is 0.0373. The third-order valence-corrected chi connectivity index (χ3v) is 8.46. The molecule has 1 saturated heterocycles. The summed E-state index contributed by atoms with van der Waals surface area (Å²) in [4.78, 5) is 5.71. The molecular formula is C23H24Cl2FN3O3S2. The lowest BCUT2D eigenvalue weighted by Crippen LogP contribution is -2.45. The van der Waals surface area contributed by atoms with Gasteiger partial charge in [0.2, 0.25) is 0 Å². The fourth-order valence-electron chi connectivity index (χ4n) is 4.10. The molecular weight excluding hydrogens is 520 g/mol. The van der Waals surface area contributed by atoms with E-state index in [1.165, 1.54) is 6.20 Å². The number of sulfonamides is 1. The number of halogens is 3. The van der Waals surface area contributed by atoms with Crippen molar-refractivity contribution in [3.05, 3.63) is 69.4 Å². The van der Waals surface area contributed by atoms with Crippen LogP contribution in [0, 0.1) is 5.82 Å². The van der Waals surface area contributed by atoms with E-state index in [2.05, 4.69) is 27.6 Å². The van der Waals surface area contributed by atoms with Crippen LogP contribution in [0.5, 0.6) is 5.75 Å². The molecule has 1 aromatic heterocycles. The van der Waals surface area contributed by atoms with Gasteiger partial charge in [-0.05, 0) is 43.0 Å². The van der Waals surface area contributed by atoms with Crippen molar-refractivity contribution in [1.82, 2.24) is 9.88 Å². The van der Waals surface area contributed by atoms with Gasteiger partial charge in [0.15, 0.2) is 5.13 Å². The van der Waals surface area contributed by atoms with Gasteiger partial charge in [-0.2, -0.15) is 0 Å². The maximum Gasteiger partial charge on any atom is 0.266 e. The molecule has 1 aliphatic heterocycles. The van der Waals surface area contributed by atoms with Crippen molar-refractivity contribution < 1.29 is 17.5 Å². The zero-order valence-corrected chi connectivity index (χ0v) is 21.5. The van der Waals surface area contributed by atoms with Crippen molar-refractivity contribution in [2.45, 2.75) is 49.8 Å². The zero-order valence-electron chi connectivity index (χ0n) is 18.4. The molecule has 6 nitrogen and oxygen atoms in total. The van der Waals surface area contributed by atoms with Crippen LogP contribution in [0.15, 0.2) is 52.9 Å². The Balaban J connectivity index is 1.44. The summed E-state index contributed by atoms with van der Waals surface area (Å²) < 4.78 is 48.2. The summed E-state index contributed by atoms with van der Waals surface area (Å²) >= 11 is 13.5. The van der Waals surface area contributed by atoms with E-state index in [9.17, 15) is 12.8 Å². The molecule has 1 aliphatic rings. The number of hydrogen-bond acceptors (Lipinski definition) is 6. The highest BCUT2D eigenvalue weighted by molar-refractivity contribution is 7.93. The standard InChI is InChI=1S/C23H24Cl2FN3O3S2/c1-2-17-11-18(6-8-29(17)14-15-4-3-5-16(24)10-15)32-21-13-20(26)22(12-19(21)25)34(30,31)28-23-27-7-9-33-23/h3-5,7,9-10,12-13,17-18H,2,6,8,11,14H2,1H3,(H,27,28)/t17-,18+/m0/s1. The lowest BCUT2D eigenvalue weighted by molar-refractivity contribution is 0.0491. The number of likely N-dealkylation sites (tertiary alicyclic amines) is 1. The van der Waals surface area contributed by atoms with Crippen molar-refractivity contribution in [2.24, 2.45) is 0 Å². The van der Waals surface area contributed by atoms with Gasteiger partial charge in [0.25, 0.3) is 10.0 Å². The van der Waals surface area contributed by atoms with Gasteiger partial charge in [-0.15, -0.1) is 11.3 Å². The highest BCUT2D eigenvalue weighted by Gasteiger charge is 2.30. The number of nitrogens with zero attached hydrogens (tertiary/aromatic N) is 2. The molecule has 2 heterocycles. The number of hydrogen-bond donors (Lipinski definition) is 1. The topological polar surface area (TPSA) is 71.5 Å². The Kier molecular flexibility index (Phi) is 7.99. The van der Waals surface area contributed by atoms with Crippen LogP contribution in [0.1, 0.15) is 31.7 Å². The van der Waals surface area contributed by atoms with E-state index in [0.717, 1.165) is 61.4 Å². The molecule has 34 heavy (non-hydrogen) atoms. The Morgan fingerprint density at radius 2 is 2.12 bits per heavy atom. The molecule has 0 saturated carbocycles. The Bertz CT molecular complexity index is 1240. The molecule has 2 aromatic carbocycles. The first-order chi connectivity index (χ1) is 16.2. The molecule has 0 spiro atoms. The van der Waals surface area contributed by atoms with Crippen molar-refractivity contribution in [3.8, 4) is 5.75 Å². The van der Waals surface area contributed by atoms with Crippen molar-refractivity contribution in [3.63, 3.8) is 0 Å². The Morgan fingerprint density at radius 3 is 2.82 bits per heavy atom. The number of nitrogens with one attached hydrogen (secondary N) is 1.